The molecule has 13 rings (SSSR count). The Morgan fingerprint density at radius 3 is 1.84 bits per heavy atom. The topological polar surface area (TPSA) is 48.3 Å². The highest BCUT2D eigenvalue weighted by molar-refractivity contribution is 6.42. The van der Waals surface area contributed by atoms with E-state index in [-0.39, 0.29) is 0 Å². The average molecular weight is 727 g/mol. The van der Waals surface area contributed by atoms with Gasteiger partial charge in [0.25, 0.3) is 0 Å². The van der Waals surface area contributed by atoms with E-state index in [2.05, 4.69) is 167 Å². The molecule has 5 nitrogen and oxygen atoms in total. The summed E-state index contributed by atoms with van der Waals surface area (Å²) < 4.78 is 11.9. The van der Waals surface area contributed by atoms with Gasteiger partial charge in [0.15, 0.2) is 11.4 Å². The number of aromatic nitrogens is 4. The first-order valence-corrected chi connectivity index (χ1v) is 19.3. The van der Waals surface area contributed by atoms with Crippen molar-refractivity contribution in [2.45, 2.75) is 0 Å². The molecule has 0 aliphatic heterocycles. The second-order valence-electron chi connectivity index (χ2n) is 14.9. The fraction of sp³-hybridized carbons (Fsp3) is 0. The molecular formula is C52H30N4O. The number of rotatable bonds is 4. The van der Waals surface area contributed by atoms with Crippen molar-refractivity contribution in [3.8, 4) is 39.6 Å². The van der Waals surface area contributed by atoms with Crippen molar-refractivity contribution >= 4 is 81.8 Å². The van der Waals surface area contributed by atoms with E-state index >= 15 is 0 Å². The van der Waals surface area contributed by atoms with Crippen molar-refractivity contribution in [1.29, 1.82) is 0 Å². The van der Waals surface area contributed by atoms with Crippen LogP contribution < -0.4 is 0 Å². The van der Waals surface area contributed by atoms with Crippen LogP contribution in [0.1, 0.15) is 0 Å². The number of nitrogens with zero attached hydrogens (tertiary/aromatic N) is 4. The number of para-hydroxylation sites is 3. The van der Waals surface area contributed by atoms with Crippen LogP contribution in [0.2, 0.25) is 0 Å². The first kappa shape index (κ1) is 30.6. The van der Waals surface area contributed by atoms with E-state index in [1.54, 1.807) is 0 Å². The fourth-order valence-electron chi connectivity index (χ4n) is 9.47. The Bertz CT molecular complexity index is 3670. The van der Waals surface area contributed by atoms with Gasteiger partial charge in [0.05, 0.1) is 39.0 Å². The minimum Gasteiger partial charge on any atom is -0.454 e. The van der Waals surface area contributed by atoms with Crippen LogP contribution in [0.4, 0.5) is 0 Å². The van der Waals surface area contributed by atoms with Gasteiger partial charge in [-0.05, 0) is 47.9 Å². The first-order valence-electron chi connectivity index (χ1n) is 19.3. The maximum Gasteiger partial charge on any atom is 0.160 e. The van der Waals surface area contributed by atoms with Gasteiger partial charge in [0.2, 0.25) is 0 Å². The molecular weight excluding hydrogens is 697 g/mol. The molecule has 0 aliphatic carbocycles. The van der Waals surface area contributed by atoms with E-state index in [0.29, 0.717) is 5.82 Å². The molecule has 5 aromatic heterocycles. The van der Waals surface area contributed by atoms with Crippen LogP contribution in [-0.4, -0.2) is 18.9 Å². The second kappa shape index (κ2) is 11.4. The van der Waals surface area contributed by atoms with Crippen molar-refractivity contribution in [2.75, 3.05) is 0 Å². The third-order valence-corrected chi connectivity index (χ3v) is 11.8. The van der Waals surface area contributed by atoms with Crippen LogP contribution in [0.25, 0.3) is 121 Å². The van der Waals surface area contributed by atoms with Crippen molar-refractivity contribution in [2.24, 2.45) is 0 Å². The van der Waals surface area contributed by atoms with Gasteiger partial charge in [-0.2, -0.15) is 0 Å². The predicted octanol–water partition coefficient (Wildman–Crippen LogP) is 13.6. The third-order valence-electron chi connectivity index (χ3n) is 11.8. The molecule has 264 valence electrons. The first-order chi connectivity index (χ1) is 28.3. The molecule has 0 radical (unpaired) electrons. The maximum absolute atomic E-state index is 6.99. The number of fused-ring (bicyclic) bond motifs is 11. The highest BCUT2D eigenvalue weighted by Crippen LogP contribution is 2.51. The standard InChI is InChI=1S/C52H30N4O/c1-4-15-31(16-5-1)39-30-40(54-52(53-39)32-17-6-2-7-18-32)33-27-28-35-36-23-14-25-42-45(36)48-49-46(37-21-10-12-24-41(37)56(49)43(35)29-33)47-38-22-11-13-26-44(38)57-51(47)50(48)55(42)34-19-8-3-9-20-34/h1-30H. The molecule has 13 aromatic rings. The van der Waals surface area contributed by atoms with Crippen LogP contribution in [-0.2, 0) is 0 Å². The van der Waals surface area contributed by atoms with E-state index in [9.17, 15) is 0 Å². The summed E-state index contributed by atoms with van der Waals surface area (Å²) in [5.74, 6) is 0.699. The van der Waals surface area contributed by atoms with Crippen molar-refractivity contribution in [3.05, 3.63) is 182 Å². The molecule has 0 fully saturated rings. The summed E-state index contributed by atoms with van der Waals surface area (Å²) in [6, 6.07) is 64.4. The molecule has 0 amide bonds. The normalized spacial score (nSPS) is 12.2. The highest BCUT2D eigenvalue weighted by Gasteiger charge is 2.29. The third kappa shape index (κ3) is 4.17. The Balaban J connectivity index is 1.25. The van der Waals surface area contributed by atoms with Crippen molar-refractivity contribution < 1.29 is 4.42 Å². The van der Waals surface area contributed by atoms with Gasteiger partial charge in [0.1, 0.15) is 5.58 Å². The summed E-state index contributed by atoms with van der Waals surface area (Å²) in [5, 5.41) is 9.43. The van der Waals surface area contributed by atoms with Gasteiger partial charge < -0.3 is 13.4 Å². The van der Waals surface area contributed by atoms with Gasteiger partial charge in [-0.15, -0.1) is 0 Å². The lowest BCUT2D eigenvalue weighted by Gasteiger charge is -2.11. The molecule has 0 atom stereocenters. The lowest BCUT2D eigenvalue weighted by Crippen LogP contribution is -1.96. The zero-order valence-corrected chi connectivity index (χ0v) is 30.5. The minimum absolute atomic E-state index is 0.699. The summed E-state index contributed by atoms with van der Waals surface area (Å²) >= 11 is 0. The molecule has 5 heterocycles. The molecule has 0 saturated carbocycles. The number of hydrogen-bond donors (Lipinski definition) is 0. The number of hydrogen-bond acceptors (Lipinski definition) is 3. The molecule has 0 saturated heterocycles. The molecule has 0 aliphatic rings. The Morgan fingerprint density at radius 1 is 0.386 bits per heavy atom. The van der Waals surface area contributed by atoms with Crippen LogP contribution in [0.15, 0.2) is 186 Å². The van der Waals surface area contributed by atoms with Crippen molar-refractivity contribution in [1.82, 2.24) is 18.9 Å². The summed E-state index contributed by atoms with van der Waals surface area (Å²) in [4.78, 5) is 10.3. The summed E-state index contributed by atoms with van der Waals surface area (Å²) in [6.07, 6.45) is 0. The van der Waals surface area contributed by atoms with E-state index < -0.39 is 0 Å². The maximum atomic E-state index is 6.99. The molecule has 0 bridgehead atoms. The van der Waals surface area contributed by atoms with Crippen molar-refractivity contribution in [3.63, 3.8) is 0 Å². The van der Waals surface area contributed by atoms with Gasteiger partial charge >= 0.3 is 0 Å². The predicted molar refractivity (Wildman–Crippen MR) is 235 cm³/mol. The van der Waals surface area contributed by atoms with Gasteiger partial charge in [-0.3, -0.25) is 0 Å². The fourth-order valence-corrected chi connectivity index (χ4v) is 9.47. The zero-order chi connectivity index (χ0) is 37.2. The summed E-state index contributed by atoms with van der Waals surface area (Å²) in [6.45, 7) is 0. The molecule has 0 N–H and O–H groups in total. The number of benzene rings is 8. The quantitative estimate of drug-likeness (QED) is 0.181. The second-order valence-corrected chi connectivity index (χ2v) is 14.9. The Hall–Kier alpha value is -7.76. The molecule has 0 unspecified atom stereocenters. The largest absolute Gasteiger partial charge is 0.454 e. The lowest BCUT2D eigenvalue weighted by molar-refractivity contribution is 0.671. The Morgan fingerprint density at radius 2 is 1.04 bits per heavy atom. The van der Waals surface area contributed by atoms with E-state index in [1.807, 2.05) is 24.3 Å². The van der Waals surface area contributed by atoms with Gasteiger partial charge in [0, 0.05) is 60.1 Å². The lowest BCUT2D eigenvalue weighted by atomic mass is 9.99. The van der Waals surface area contributed by atoms with Crippen LogP contribution in [0, 0.1) is 0 Å². The van der Waals surface area contributed by atoms with Gasteiger partial charge in [-0.25, -0.2) is 9.97 Å². The smallest absolute Gasteiger partial charge is 0.160 e. The molecule has 0 spiro atoms. The monoisotopic (exact) mass is 726 g/mol. The van der Waals surface area contributed by atoms with E-state index in [1.165, 1.54) is 32.4 Å². The highest BCUT2D eigenvalue weighted by atomic mass is 16.3. The number of furan rings is 1. The molecule has 5 heteroatoms. The van der Waals surface area contributed by atoms with Gasteiger partial charge in [-0.1, -0.05) is 140 Å². The molecule has 8 aromatic carbocycles. The summed E-state index contributed by atoms with van der Waals surface area (Å²) in [7, 11) is 0. The minimum atomic E-state index is 0.699. The van der Waals surface area contributed by atoms with Crippen LogP contribution >= 0.6 is 0 Å². The van der Waals surface area contributed by atoms with Crippen LogP contribution in [0.3, 0.4) is 0 Å². The zero-order valence-electron chi connectivity index (χ0n) is 30.5. The Labute approximate surface area is 325 Å². The summed E-state index contributed by atoms with van der Waals surface area (Å²) in [5.41, 5.74) is 13.4. The molecule has 57 heavy (non-hydrogen) atoms. The Kier molecular flexibility index (Phi) is 6.10. The average Bonchev–Trinajstić information content (AvgIpc) is 3.92. The van der Waals surface area contributed by atoms with Crippen LogP contribution in [0.5, 0.6) is 0 Å². The SMILES string of the molecule is c1ccc(-c2cc(-c3ccc4c5cccc6c5c5c(c7oc8ccccc8c7c7c8ccccc8n(c4c3)c75)n6-c3ccccc3)nc(-c3ccccc3)n2)cc1. The van der Waals surface area contributed by atoms with E-state index in [4.69, 9.17) is 14.4 Å². The van der Waals surface area contributed by atoms with E-state index in [0.717, 1.165) is 83.2 Å².